The number of nitrogens with zero attached hydrogens (tertiary/aromatic N) is 3. The maximum absolute atomic E-state index is 9.19. The third-order valence-electron chi connectivity index (χ3n) is 3.82. The van der Waals surface area contributed by atoms with Crippen LogP contribution in [0.15, 0.2) is 24.4 Å². The second-order valence-electron chi connectivity index (χ2n) is 5.21. The zero-order chi connectivity index (χ0) is 13.0. The number of pyridine rings is 1. The van der Waals surface area contributed by atoms with Crippen LogP contribution in [-0.4, -0.2) is 58.7 Å². The van der Waals surface area contributed by atoms with Crippen molar-refractivity contribution in [1.29, 1.82) is 0 Å². The van der Waals surface area contributed by atoms with Crippen LogP contribution in [0.4, 0.5) is 0 Å². The van der Waals surface area contributed by atoms with Crippen molar-refractivity contribution in [1.82, 2.24) is 14.8 Å². The van der Waals surface area contributed by atoms with Gasteiger partial charge in [-0.2, -0.15) is 0 Å². The summed E-state index contributed by atoms with van der Waals surface area (Å²) in [4.78, 5) is 9.21. The highest BCUT2D eigenvalue weighted by molar-refractivity contribution is 5.04. The highest BCUT2D eigenvalue weighted by Crippen LogP contribution is 2.18. The van der Waals surface area contributed by atoms with Gasteiger partial charge >= 0.3 is 0 Å². The Labute approximate surface area is 109 Å². The van der Waals surface area contributed by atoms with E-state index in [2.05, 4.69) is 34.8 Å². The minimum absolute atomic E-state index is 0.256. The monoisotopic (exact) mass is 249 g/mol. The van der Waals surface area contributed by atoms with Gasteiger partial charge in [-0.1, -0.05) is 6.07 Å². The third-order valence-corrected chi connectivity index (χ3v) is 3.82. The van der Waals surface area contributed by atoms with Crippen molar-refractivity contribution in [2.75, 3.05) is 26.7 Å². The van der Waals surface area contributed by atoms with E-state index in [4.69, 9.17) is 0 Å². The normalized spacial score (nSPS) is 26.4. The van der Waals surface area contributed by atoms with Gasteiger partial charge in [0.2, 0.25) is 0 Å². The molecule has 2 unspecified atom stereocenters. The Morgan fingerprint density at radius 2 is 2.22 bits per heavy atom. The zero-order valence-electron chi connectivity index (χ0n) is 11.3. The molecule has 2 heterocycles. The number of likely N-dealkylation sites (N-methyl/N-ethyl adjacent to an activating group) is 1. The van der Waals surface area contributed by atoms with E-state index < -0.39 is 0 Å². The number of aliphatic hydroxyl groups is 1. The Balaban J connectivity index is 2.03. The van der Waals surface area contributed by atoms with Crippen LogP contribution in [0.2, 0.25) is 0 Å². The summed E-state index contributed by atoms with van der Waals surface area (Å²) in [6.07, 6.45) is 2.68. The molecule has 4 nitrogen and oxygen atoms in total. The van der Waals surface area contributed by atoms with E-state index in [1.54, 1.807) is 0 Å². The molecule has 100 valence electrons. The summed E-state index contributed by atoms with van der Waals surface area (Å²) in [6.45, 7) is 5.45. The van der Waals surface area contributed by atoms with Crippen LogP contribution >= 0.6 is 0 Å². The second-order valence-corrected chi connectivity index (χ2v) is 5.21. The Bertz CT molecular complexity index is 357. The minimum atomic E-state index is 0.256. The van der Waals surface area contributed by atoms with E-state index in [1.807, 2.05) is 18.3 Å². The Morgan fingerprint density at radius 1 is 1.39 bits per heavy atom. The van der Waals surface area contributed by atoms with E-state index in [0.717, 1.165) is 31.7 Å². The van der Waals surface area contributed by atoms with E-state index >= 15 is 0 Å². The summed E-state index contributed by atoms with van der Waals surface area (Å²) in [5, 5.41) is 9.19. The molecule has 0 aliphatic carbocycles. The van der Waals surface area contributed by atoms with Gasteiger partial charge in [-0.25, -0.2) is 0 Å². The molecule has 1 N–H and O–H groups in total. The average Bonchev–Trinajstić information content (AvgIpc) is 2.37. The van der Waals surface area contributed by atoms with Gasteiger partial charge in [0, 0.05) is 44.5 Å². The van der Waals surface area contributed by atoms with Crippen LogP contribution in [0.25, 0.3) is 0 Å². The van der Waals surface area contributed by atoms with Gasteiger partial charge in [-0.3, -0.25) is 9.88 Å². The van der Waals surface area contributed by atoms with Gasteiger partial charge in [0.05, 0.1) is 5.69 Å². The summed E-state index contributed by atoms with van der Waals surface area (Å²) < 4.78 is 0. The largest absolute Gasteiger partial charge is 0.396 e. The summed E-state index contributed by atoms with van der Waals surface area (Å²) in [5.41, 5.74) is 1.11. The predicted molar refractivity (Wildman–Crippen MR) is 72.2 cm³/mol. The van der Waals surface area contributed by atoms with E-state index in [9.17, 15) is 5.11 Å². The molecular formula is C14H23N3O. The predicted octanol–water partition coefficient (Wildman–Crippen LogP) is 0.968. The molecule has 1 saturated heterocycles. The van der Waals surface area contributed by atoms with Gasteiger partial charge in [0.25, 0.3) is 0 Å². The number of rotatable bonds is 4. The molecule has 1 aliphatic rings. The molecule has 1 aromatic heterocycles. The van der Waals surface area contributed by atoms with Crippen LogP contribution in [-0.2, 0) is 6.54 Å². The molecule has 0 radical (unpaired) electrons. The fraction of sp³-hybridized carbons (Fsp3) is 0.643. The Kier molecular flexibility index (Phi) is 4.69. The van der Waals surface area contributed by atoms with Crippen molar-refractivity contribution >= 4 is 0 Å². The first kappa shape index (κ1) is 13.5. The lowest BCUT2D eigenvalue weighted by molar-refractivity contribution is 0.0330. The van der Waals surface area contributed by atoms with Gasteiger partial charge in [-0.15, -0.1) is 0 Å². The molecule has 0 amide bonds. The SMILES string of the molecule is CC1CN(Cc2ccccn2)C(CCO)CN1C. The molecule has 1 aliphatic heterocycles. The lowest BCUT2D eigenvalue weighted by atomic mass is 10.1. The standard InChI is InChI=1S/C14H23N3O/c1-12-9-17(10-13-5-3-4-7-15-13)14(6-8-18)11-16(12)2/h3-5,7,12,14,18H,6,8-11H2,1-2H3. The Morgan fingerprint density at radius 3 is 2.89 bits per heavy atom. The van der Waals surface area contributed by atoms with E-state index in [1.165, 1.54) is 0 Å². The van der Waals surface area contributed by atoms with Crippen molar-refractivity contribution in [3.63, 3.8) is 0 Å². The van der Waals surface area contributed by atoms with Crippen molar-refractivity contribution < 1.29 is 5.11 Å². The fourth-order valence-electron chi connectivity index (χ4n) is 2.57. The quantitative estimate of drug-likeness (QED) is 0.863. The molecule has 2 atom stereocenters. The summed E-state index contributed by atoms with van der Waals surface area (Å²) in [5.74, 6) is 0. The van der Waals surface area contributed by atoms with E-state index in [-0.39, 0.29) is 6.61 Å². The highest BCUT2D eigenvalue weighted by Gasteiger charge is 2.29. The number of hydrogen-bond donors (Lipinski definition) is 1. The van der Waals surface area contributed by atoms with Crippen LogP contribution in [0.1, 0.15) is 19.0 Å². The number of piperazine rings is 1. The van der Waals surface area contributed by atoms with Crippen LogP contribution in [0.5, 0.6) is 0 Å². The van der Waals surface area contributed by atoms with Gasteiger partial charge in [0.15, 0.2) is 0 Å². The van der Waals surface area contributed by atoms with Gasteiger partial charge < -0.3 is 10.0 Å². The first-order chi connectivity index (χ1) is 8.70. The first-order valence-electron chi connectivity index (χ1n) is 6.65. The molecule has 0 saturated carbocycles. The van der Waals surface area contributed by atoms with Crippen molar-refractivity contribution in [3.05, 3.63) is 30.1 Å². The molecule has 1 aromatic rings. The van der Waals surface area contributed by atoms with Crippen molar-refractivity contribution in [2.45, 2.75) is 32.0 Å². The van der Waals surface area contributed by atoms with Gasteiger partial charge in [-0.05, 0) is 32.5 Å². The smallest absolute Gasteiger partial charge is 0.0544 e. The molecule has 0 aromatic carbocycles. The molecule has 2 rings (SSSR count). The lowest BCUT2D eigenvalue weighted by Crippen LogP contribution is -2.55. The topological polar surface area (TPSA) is 39.6 Å². The molecule has 18 heavy (non-hydrogen) atoms. The maximum atomic E-state index is 9.19. The first-order valence-corrected chi connectivity index (χ1v) is 6.65. The van der Waals surface area contributed by atoms with E-state index in [0.29, 0.717) is 12.1 Å². The number of hydrogen-bond acceptors (Lipinski definition) is 4. The molecular weight excluding hydrogens is 226 g/mol. The summed E-state index contributed by atoms with van der Waals surface area (Å²) in [7, 11) is 2.16. The van der Waals surface area contributed by atoms with Gasteiger partial charge in [0.1, 0.15) is 0 Å². The molecule has 0 spiro atoms. The second kappa shape index (κ2) is 6.27. The number of aliphatic hydroxyl groups excluding tert-OH is 1. The minimum Gasteiger partial charge on any atom is -0.396 e. The van der Waals surface area contributed by atoms with Crippen molar-refractivity contribution in [2.24, 2.45) is 0 Å². The molecule has 4 heteroatoms. The molecule has 0 bridgehead atoms. The summed E-state index contributed by atoms with van der Waals surface area (Å²) >= 11 is 0. The summed E-state index contributed by atoms with van der Waals surface area (Å²) in [6, 6.07) is 7.03. The van der Waals surface area contributed by atoms with Crippen molar-refractivity contribution in [3.8, 4) is 0 Å². The average molecular weight is 249 g/mol. The fourth-order valence-corrected chi connectivity index (χ4v) is 2.57. The van der Waals surface area contributed by atoms with Crippen LogP contribution in [0.3, 0.4) is 0 Å². The highest BCUT2D eigenvalue weighted by atomic mass is 16.3. The lowest BCUT2D eigenvalue weighted by Gasteiger charge is -2.43. The Hall–Kier alpha value is -0.970. The molecule has 1 fully saturated rings. The van der Waals surface area contributed by atoms with Crippen LogP contribution in [0, 0.1) is 0 Å². The third kappa shape index (κ3) is 3.28. The zero-order valence-corrected chi connectivity index (χ0v) is 11.3. The number of aromatic nitrogens is 1. The van der Waals surface area contributed by atoms with Crippen LogP contribution < -0.4 is 0 Å². The maximum Gasteiger partial charge on any atom is 0.0544 e.